The monoisotopic (exact) mass is 599 g/mol. The van der Waals surface area contributed by atoms with E-state index in [4.69, 9.17) is 14.2 Å². The van der Waals surface area contributed by atoms with Crippen molar-refractivity contribution < 1.29 is 38.2 Å². The summed E-state index contributed by atoms with van der Waals surface area (Å²) in [5.41, 5.74) is 0.952. The summed E-state index contributed by atoms with van der Waals surface area (Å²) in [5.74, 6) is -2.35. The summed E-state index contributed by atoms with van der Waals surface area (Å²) < 4.78 is 16.1. The summed E-state index contributed by atoms with van der Waals surface area (Å²) in [6.45, 7) is 5.11. The number of esters is 1. The van der Waals surface area contributed by atoms with Crippen molar-refractivity contribution in [1.82, 2.24) is 25.8 Å². The normalized spacial score (nSPS) is 20.3. The first-order valence-corrected chi connectivity index (χ1v) is 14.6. The molecule has 0 spiro atoms. The molecule has 2 aliphatic rings. The van der Waals surface area contributed by atoms with E-state index in [9.17, 15) is 24.0 Å². The van der Waals surface area contributed by atoms with E-state index in [1.54, 1.807) is 25.3 Å². The predicted octanol–water partition coefficient (Wildman–Crippen LogP) is 0.775. The molecule has 13 heteroatoms. The molecule has 0 saturated carbocycles. The zero-order valence-electron chi connectivity index (χ0n) is 25.1. The number of rotatable bonds is 13. The molecule has 3 amide bonds. The molecule has 234 valence electrons. The van der Waals surface area contributed by atoms with Gasteiger partial charge in [0.05, 0.1) is 19.8 Å². The number of Topliss-reactive ketones (excluding diaryl/α,β-unsaturated/α-hetero) is 1. The highest BCUT2D eigenvalue weighted by Gasteiger charge is 2.34. The smallest absolute Gasteiger partial charge is 0.337 e. The summed E-state index contributed by atoms with van der Waals surface area (Å²) in [7, 11) is 3.40. The van der Waals surface area contributed by atoms with Crippen molar-refractivity contribution in [3.8, 4) is 5.75 Å². The molecule has 13 nitrogen and oxygen atoms in total. The number of H-pyrrole nitrogens is 1. The fourth-order valence-corrected chi connectivity index (χ4v) is 5.32. The highest BCUT2D eigenvalue weighted by atomic mass is 16.6. The van der Waals surface area contributed by atoms with Gasteiger partial charge < -0.3 is 40.0 Å². The number of ether oxygens (including phenoxy) is 3. The number of hydrogen-bond donors (Lipinski definition) is 4. The molecule has 4 atom stereocenters. The molecule has 4 N–H and O–H groups in total. The van der Waals surface area contributed by atoms with E-state index in [0.717, 1.165) is 5.39 Å². The van der Waals surface area contributed by atoms with E-state index in [2.05, 4.69) is 20.9 Å². The molecule has 0 bridgehead atoms. The first-order valence-electron chi connectivity index (χ1n) is 14.6. The van der Waals surface area contributed by atoms with E-state index in [1.165, 1.54) is 0 Å². The van der Waals surface area contributed by atoms with Crippen molar-refractivity contribution in [1.29, 1.82) is 0 Å². The number of ketones is 1. The average molecular weight is 600 g/mol. The van der Waals surface area contributed by atoms with Gasteiger partial charge in [-0.15, -0.1) is 0 Å². The second-order valence-electron chi connectivity index (χ2n) is 11.5. The first kappa shape index (κ1) is 32.0. The molecule has 0 radical (unpaired) electrons. The van der Waals surface area contributed by atoms with Crippen molar-refractivity contribution in [3.63, 3.8) is 0 Å². The highest BCUT2D eigenvalue weighted by molar-refractivity contribution is 6.02. The molecular weight excluding hydrogens is 558 g/mol. The number of amides is 3. The number of carbonyl (C=O) groups is 5. The number of morpholine rings is 1. The predicted molar refractivity (Wildman–Crippen MR) is 156 cm³/mol. The summed E-state index contributed by atoms with van der Waals surface area (Å²) in [6.07, 6.45) is 0.0422. The van der Waals surface area contributed by atoms with Crippen molar-refractivity contribution in [2.75, 3.05) is 47.0 Å². The minimum atomic E-state index is -1.10. The number of methoxy groups -OCH3 is 1. The Morgan fingerprint density at radius 2 is 1.95 bits per heavy atom. The Balaban J connectivity index is 1.46. The highest BCUT2D eigenvalue weighted by Crippen LogP contribution is 2.26. The second kappa shape index (κ2) is 14.5. The van der Waals surface area contributed by atoms with Crippen molar-refractivity contribution in [3.05, 3.63) is 30.0 Å². The summed E-state index contributed by atoms with van der Waals surface area (Å²) in [4.78, 5) is 69.9. The third-order valence-electron chi connectivity index (χ3n) is 7.69. The van der Waals surface area contributed by atoms with Gasteiger partial charge in [-0.2, -0.15) is 0 Å². The van der Waals surface area contributed by atoms with Gasteiger partial charge in [0.15, 0.2) is 18.5 Å². The van der Waals surface area contributed by atoms with Gasteiger partial charge >= 0.3 is 5.97 Å². The van der Waals surface area contributed by atoms with Crippen LogP contribution < -0.4 is 20.7 Å². The van der Waals surface area contributed by atoms with Crippen molar-refractivity contribution >= 4 is 40.4 Å². The molecule has 43 heavy (non-hydrogen) atoms. The standard InChI is InChI=1S/C30H41N5O8/c1-17(2)12-22(34-29(39)23-14-19-20(32-23)6-5-7-25(19)41-4)28(38)33-21(13-18-8-9-31-27(18)37)24(36)16-43-30(40)26-15-35(3)10-11-42-26/h5-7,14,17-18,21-22,26,32H,8-13,15-16H2,1-4H3,(H,31,37)(H,33,38)(H,34,39)/t18-,21-,22-,26+/m0/s1. The Morgan fingerprint density at radius 1 is 1.16 bits per heavy atom. The fraction of sp³-hybridized carbons (Fsp3) is 0.567. The molecule has 2 fully saturated rings. The minimum Gasteiger partial charge on any atom is -0.496 e. The van der Waals surface area contributed by atoms with Crippen LogP contribution in [0.4, 0.5) is 0 Å². The number of aromatic amines is 1. The minimum absolute atomic E-state index is 0.0307. The maximum absolute atomic E-state index is 13.6. The summed E-state index contributed by atoms with van der Waals surface area (Å²) in [5, 5.41) is 8.98. The quantitative estimate of drug-likeness (QED) is 0.243. The number of hydrogen-bond acceptors (Lipinski definition) is 9. The van der Waals surface area contributed by atoms with Crippen molar-refractivity contribution in [2.24, 2.45) is 11.8 Å². The van der Waals surface area contributed by atoms with Gasteiger partial charge in [0.1, 0.15) is 17.5 Å². The number of nitrogens with zero attached hydrogens (tertiary/aromatic N) is 1. The van der Waals surface area contributed by atoms with Gasteiger partial charge in [0, 0.05) is 36.5 Å². The molecule has 1 aromatic heterocycles. The lowest BCUT2D eigenvalue weighted by atomic mass is 9.95. The number of fused-ring (bicyclic) bond motifs is 1. The number of aromatic nitrogens is 1. The number of likely N-dealkylation sites (N-methyl/N-ethyl adjacent to an activating group) is 1. The van der Waals surface area contributed by atoms with Gasteiger partial charge in [-0.1, -0.05) is 19.9 Å². The molecule has 3 heterocycles. The average Bonchev–Trinajstić information content (AvgIpc) is 3.60. The van der Waals surface area contributed by atoms with Gasteiger partial charge in [0.25, 0.3) is 5.91 Å². The SMILES string of the molecule is COc1cccc2[nH]c(C(=O)N[C@@H](CC(C)C)C(=O)N[C@@H](C[C@@H]3CCNC3=O)C(=O)COC(=O)[C@H]3CN(C)CCO3)cc12. The molecule has 1 aromatic carbocycles. The maximum Gasteiger partial charge on any atom is 0.337 e. The fourth-order valence-electron chi connectivity index (χ4n) is 5.32. The number of carbonyl (C=O) groups excluding carboxylic acids is 5. The molecule has 0 unspecified atom stereocenters. The number of nitrogens with one attached hydrogen (secondary N) is 4. The Kier molecular flexibility index (Phi) is 10.8. The summed E-state index contributed by atoms with van der Waals surface area (Å²) in [6, 6.07) is 4.98. The maximum atomic E-state index is 13.6. The van der Waals surface area contributed by atoms with Gasteiger partial charge in [0.2, 0.25) is 11.8 Å². The third-order valence-corrected chi connectivity index (χ3v) is 7.69. The van der Waals surface area contributed by atoms with Gasteiger partial charge in [-0.05, 0) is 50.4 Å². The lowest BCUT2D eigenvalue weighted by molar-refractivity contribution is -0.164. The van der Waals surface area contributed by atoms with Crippen LogP contribution in [-0.4, -0.2) is 105 Å². The molecule has 0 aliphatic carbocycles. The first-order chi connectivity index (χ1) is 20.5. The zero-order chi connectivity index (χ0) is 31.1. The Bertz CT molecular complexity index is 1340. The largest absolute Gasteiger partial charge is 0.496 e. The van der Waals surface area contributed by atoms with Gasteiger partial charge in [-0.25, -0.2) is 4.79 Å². The van der Waals surface area contributed by atoms with Crippen LogP contribution in [0.15, 0.2) is 24.3 Å². The Labute approximate surface area is 250 Å². The number of benzene rings is 1. The molecule has 2 aliphatic heterocycles. The van der Waals surface area contributed by atoms with E-state index < -0.39 is 54.3 Å². The van der Waals surface area contributed by atoms with E-state index in [-0.39, 0.29) is 23.9 Å². The lowest BCUT2D eigenvalue weighted by Crippen LogP contribution is -2.53. The molecule has 2 saturated heterocycles. The van der Waals surface area contributed by atoms with Crippen LogP contribution in [0.5, 0.6) is 5.75 Å². The second-order valence-corrected chi connectivity index (χ2v) is 11.5. The third kappa shape index (κ3) is 8.32. The Hall–Kier alpha value is -3.97. The topological polar surface area (TPSA) is 168 Å². The van der Waals surface area contributed by atoms with Gasteiger partial charge in [-0.3, -0.25) is 19.2 Å². The van der Waals surface area contributed by atoms with Crippen LogP contribution in [0.1, 0.15) is 43.6 Å². The molecular formula is C30H41N5O8. The van der Waals surface area contributed by atoms with E-state index >= 15 is 0 Å². The van der Waals surface area contributed by atoms with Crippen LogP contribution in [0, 0.1) is 11.8 Å². The van der Waals surface area contributed by atoms with E-state index in [1.807, 2.05) is 31.9 Å². The van der Waals surface area contributed by atoms with Crippen LogP contribution in [0.25, 0.3) is 10.9 Å². The van der Waals surface area contributed by atoms with Crippen molar-refractivity contribution in [2.45, 2.75) is 51.3 Å². The van der Waals surface area contributed by atoms with Crippen LogP contribution in [-0.2, 0) is 28.7 Å². The lowest BCUT2D eigenvalue weighted by Gasteiger charge is -2.28. The Morgan fingerprint density at radius 3 is 2.63 bits per heavy atom. The summed E-state index contributed by atoms with van der Waals surface area (Å²) >= 11 is 0. The van der Waals surface area contributed by atoms with Crippen LogP contribution in [0.2, 0.25) is 0 Å². The van der Waals surface area contributed by atoms with Crippen LogP contribution in [0.3, 0.4) is 0 Å². The van der Waals surface area contributed by atoms with E-state index in [0.29, 0.717) is 50.3 Å². The zero-order valence-corrected chi connectivity index (χ0v) is 25.1. The van der Waals surface area contributed by atoms with Crippen LogP contribution >= 0.6 is 0 Å². The molecule has 4 rings (SSSR count). The molecule has 2 aromatic rings.